The van der Waals surface area contributed by atoms with Gasteiger partial charge in [0.25, 0.3) is 0 Å². The number of methoxy groups -OCH3 is 1. The van der Waals surface area contributed by atoms with E-state index in [4.69, 9.17) is 4.74 Å². The van der Waals surface area contributed by atoms with Crippen molar-refractivity contribution in [2.24, 2.45) is 5.92 Å². The van der Waals surface area contributed by atoms with Crippen molar-refractivity contribution in [3.8, 4) is 0 Å². The van der Waals surface area contributed by atoms with Gasteiger partial charge in [-0.1, -0.05) is 18.9 Å². The molecule has 4 heteroatoms. The zero-order valence-corrected chi connectivity index (χ0v) is 13.3. The summed E-state index contributed by atoms with van der Waals surface area (Å²) in [5.41, 5.74) is 2.91. The number of carbonyl (C=O) groups excluding carboxylic acids is 2. The number of esters is 1. The molecule has 2 aliphatic rings. The Morgan fingerprint density at radius 2 is 1.91 bits per heavy atom. The second-order valence-electron chi connectivity index (χ2n) is 6.39. The summed E-state index contributed by atoms with van der Waals surface area (Å²) in [6, 6.07) is 5.80. The number of amides is 1. The van der Waals surface area contributed by atoms with Gasteiger partial charge in [-0.15, -0.1) is 0 Å². The van der Waals surface area contributed by atoms with Gasteiger partial charge in [-0.2, -0.15) is 0 Å². The summed E-state index contributed by atoms with van der Waals surface area (Å²) >= 11 is 0. The fourth-order valence-corrected chi connectivity index (χ4v) is 3.84. The molecule has 118 valence electrons. The summed E-state index contributed by atoms with van der Waals surface area (Å²) in [6.45, 7) is 0. The summed E-state index contributed by atoms with van der Waals surface area (Å²) in [7, 11) is 3.30. The zero-order chi connectivity index (χ0) is 15.7. The highest BCUT2D eigenvalue weighted by atomic mass is 16.5. The maximum absolute atomic E-state index is 12.7. The fourth-order valence-electron chi connectivity index (χ4n) is 3.84. The van der Waals surface area contributed by atoms with E-state index < -0.39 is 0 Å². The third-order valence-electron chi connectivity index (χ3n) is 5.13. The lowest BCUT2D eigenvalue weighted by molar-refractivity contribution is -0.136. The molecular weight excluding hydrogens is 278 g/mol. The van der Waals surface area contributed by atoms with Crippen LogP contribution in [0.25, 0.3) is 0 Å². The third kappa shape index (κ3) is 2.62. The van der Waals surface area contributed by atoms with Crippen LogP contribution in [0.1, 0.15) is 59.6 Å². The first-order valence-electron chi connectivity index (χ1n) is 8.09. The van der Waals surface area contributed by atoms with Gasteiger partial charge in [0.05, 0.1) is 18.7 Å². The molecule has 0 spiro atoms. The number of fused-ring (bicyclic) bond motifs is 1. The van der Waals surface area contributed by atoms with E-state index in [2.05, 4.69) is 0 Å². The van der Waals surface area contributed by atoms with Crippen molar-refractivity contribution in [1.29, 1.82) is 0 Å². The zero-order valence-electron chi connectivity index (χ0n) is 13.3. The number of benzene rings is 1. The number of hydrogen-bond donors (Lipinski definition) is 0. The molecule has 1 unspecified atom stereocenters. The molecule has 1 saturated carbocycles. The summed E-state index contributed by atoms with van der Waals surface area (Å²) < 4.78 is 4.80. The van der Waals surface area contributed by atoms with Gasteiger partial charge in [0, 0.05) is 13.0 Å². The summed E-state index contributed by atoms with van der Waals surface area (Å²) in [6.07, 6.45) is 6.27. The van der Waals surface area contributed by atoms with Gasteiger partial charge in [-0.05, 0) is 48.9 Å². The molecule has 0 aliphatic heterocycles. The first kappa shape index (κ1) is 15.1. The number of rotatable bonds is 3. The molecular formula is C18H23NO3. The van der Waals surface area contributed by atoms with E-state index in [1.807, 2.05) is 30.1 Å². The molecule has 1 atom stereocenters. The largest absolute Gasteiger partial charge is 0.465 e. The number of nitrogens with zero attached hydrogens (tertiary/aromatic N) is 1. The predicted octanol–water partition coefficient (Wildman–Crippen LogP) is 3.11. The van der Waals surface area contributed by atoms with E-state index >= 15 is 0 Å². The lowest BCUT2D eigenvalue weighted by Gasteiger charge is -2.28. The van der Waals surface area contributed by atoms with Crippen LogP contribution in [0, 0.1) is 5.92 Å². The molecule has 0 aromatic heterocycles. The lowest BCUT2D eigenvalue weighted by atomic mass is 10.0. The second-order valence-corrected chi connectivity index (χ2v) is 6.39. The van der Waals surface area contributed by atoms with Crippen LogP contribution in [0.2, 0.25) is 0 Å². The van der Waals surface area contributed by atoms with Crippen LogP contribution in [0.15, 0.2) is 18.2 Å². The van der Waals surface area contributed by atoms with Crippen molar-refractivity contribution in [1.82, 2.24) is 4.90 Å². The standard InChI is InChI=1S/C18H23NO3/c1-19(17(20)13-5-3-4-6-13)16-10-9-12-7-8-14(11-15(12)16)18(21)22-2/h7-8,11,13,16H,3-6,9-10H2,1-2H3. The van der Waals surface area contributed by atoms with Crippen LogP contribution in [0.4, 0.5) is 0 Å². The Kier molecular flexibility index (Phi) is 4.19. The Balaban J connectivity index is 1.83. The van der Waals surface area contributed by atoms with Gasteiger partial charge in [0.2, 0.25) is 5.91 Å². The second kappa shape index (κ2) is 6.11. The highest BCUT2D eigenvalue weighted by molar-refractivity contribution is 5.89. The van der Waals surface area contributed by atoms with Gasteiger partial charge < -0.3 is 9.64 Å². The lowest BCUT2D eigenvalue weighted by Crippen LogP contribution is -2.34. The van der Waals surface area contributed by atoms with Crippen molar-refractivity contribution in [3.63, 3.8) is 0 Å². The average Bonchev–Trinajstić information content (AvgIpc) is 3.21. The van der Waals surface area contributed by atoms with Crippen LogP contribution in [0.3, 0.4) is 0 Å². The highest BCUT2D eigenvalue weighted by Crippen LogP contribution is 2.38. The quantitative estimate of drug-likeness (QED) is 0.806. The molecule has 0 bridgehead atoms. The summed E-state index contributed by atoms with van der Waals surface area (Å²) in [4.78, 5) is 26.3. The molecule has 1 amide bonds. The Bertz CT molecular complexity index is 590. The monoisotopic (exact) mass is 301 g/mol. The molecule has 2 aliphatic carbocycles. The summed E-state index contributed by atoms with van der Waals surface area (Å²) in [5.74, 6) is 0.134. The first-order valence-corrected chi connectivity index (χ1v) is 8.09. The molecule has 0 heterocycles. The van der Waals surface area contributed by atoms with Crippen molar-refractivity contribution < 1.29 is 14.3 Å². The summed E-state index contributed by atoms with van der Waals surface area (Å²) in [5, 5.41) is 0. The predicted molar refractivity (Wildman–Crippen MR) is 83.6 cm³/mol. The average molecular weight is 301 g/mol. The van der Waals surface area contributed by atoms with Crippen molar-refractivity contribution in [2.45, 2.75) is 44.6 Å². The molecule has 4 nitrogen and oxygen atoms in total. The fraction of sp³-hybridized carbons (Fsp3) is 0.556. The Morgan fingerprint density at radius 3 is 2.59 bits per heavy atom. The van der Waals surface area contributed by atoms with E-state index in [9.17, 15) is 9.59 Å². The van der Waals surface area contributed by atoms with Gasteiger partial charge in [0.15, 0.2) is 0 Å². The van der Waals surface area contributed by atoms with Crippen molar-refractivity contribution in [2.75, 3.05) is 14.2 Å². The van der Waals surface area contributed by atoms with E-state index in [1.54, 1.807) is 0 Å². The van der Waals surface area contributed by atoms with E-state index in [0.717, 1.165) is 44.1 Å². The first-order chi connectivity index (χ1) is 10.6. The molecule has 0 saturated heterocycles. The van der Waals surface area contributed by atoms with Crippen LogP contribution >= 0.6 is 0 Å². The Morgan fingerprint density at radius 1 is 1.18 bits per heavy atom. The minimum atomic E-state index is -0.321. The number of hydrogen-bond acceptors (Lipinski definition) is 3. The molecule has 22 heavy (non-hydrogen) atoms. The number of ether oxygens (including phenoxy) is 1. The van der Waals surface area contributed by atoms with Crippen molar-refractivity contribution >= 4 is 11.9 Å². The molecule has 3 rings (SSSR count). The minimum Gasteiger partial charge on any atom is -0.465 e. The smallest absolute Gasteiger partial charge is 0.337 e. The Hall–Kier alpha value is -1.84. The molecule has 1 aromatic carbocycles. The number of carbonyl (C=O) groups is 2. The van der Waals surface area contributed by atoms with Crippen LogP contribution < -0.4 is 0 Å². The number of aryl methyl sites for hydroxylation is 1. The van der Waals surface area contributed by atoms with Crippen LogP contribution in [0.5, 0.6) is 0 Å². The molecule has 0 N–H and O–H groups in total. The third-order valence-corrected chi connectivity index (χ3v) is 5.13. The van der Waals surface area contributed by atoms with Crippen LogP contribution in [-0.2, 0) is 16.0 Å². The Labute approximate surface area is 131 Å². The molecule has 1 fully saturated rings. The van der Waals surface area contributed by atoms with E-state index in [-0.39, 0.29) is 23.8 Å². The topological polar surface area (TPSA) is 46.6 Å². The van der Waals surface area contributed by atoms with Crippen molar-refractivity contribution in [3.05, 3.63) is 34.9 Å². The normalized spacial score (nSPS) is 20.7. The maximum Gasteiger partial charge on any atom is 0.337 e. The van der Waals surface area contributed by atoms with Gasteiger partial charge in [-0.3, -0.25) is 4.79 Å². The molecule has 0 radical (unpaired) electrons. The minimum absolute atomic E-state index is 0.0905. The van der Waals surface area contributed by atoms with E-state index in [0.29, 0.717) is 5.56 Å². The maximum atomic E-state index is 12.7. The van der Waals surface area contributed by atoms with Gasteiger partial charge in [-0.25, -0.2) is 4.79 Å². The van der Waals surface area contributed by atoms with Gasteiger partial charge >= 0.3 is 5.97 Å². The van der Waals surface area contributed by atoms with E-state index in [1.165, 1.54) is 12.7 Å². The highest BCUT2D eigenvalue weighted by Gasteiger charge is 2.33. The SMILES string of the molecule is COC(=O)c1ccc2c(c1)C(N(C)C(=O)C1CCCC1)CC2. The molecule has 1 aromatic rings. The van der Waals surface area contributed by atoms with Gasteiger partial charge in [0.1, 0.15) is 0 Å². The van der Waals surface area contributed by atoms with Crippen LogP contribution in [-0.4, -0.2) is 30.9 Å².